The van der Waals surface area contributed by atoms with Crippen molar-refractivity contribution in [2.45, 2.75) is 409 Å². The van der Waals surface area contributed by atoms with E-state index in [2.05, 4.69) is 62.3 Å². The van der Waals surface area contributed by atoms with Gasteiger partial charge in [-0.1, -0.05) is 222 Å². The Morgan fingerprint density at radius 1 is 0.330 bits per heavy atom. The molecule has 9 aliphatic rings. The molecule has 0 unspecified atom stereocenters. The van der Waals surface area contributed by atoms with Crippen molar-refractivity contribution in [3.8, 4) is 0 Å². The molecule has 0 heterocycles. The standard InChI is InChI=1S/C22H38O2.C21H36O2.C20H24O2.C18H34O2.C15H22O2.3CH4/c1-6-20(4,5)19(23)24-22(7-2,8-3)15-21-12-16-9-17(13-21)11-18(10-16)14-21;1-6-19(4,5)18(22)23-21(7-2,8-3)20-12-15-9-16(13-20)11-17(10-15)14-20;1-5-19(2,3)18(21)22-20(4,16-12-8-6-9-13-16)17-14-10-7-11-15-17;1-6-17(4,5)16(19)20-18(7-2,8-3)14-15-12-10-9-11-13-15;1-6-14(2,3)13(16)17-15(4,5)12-10-8-7-9-11-12;;;/h16-18H,6-15H2,1-5H3;15-17H,6-14H2,1-5H3;6-15H,5H2,1-4H3;15H,6-14H2,1-5H3;7-11H,6H2,1-5H3;3*1H4. The Kier molecular flexibility index (Phi) is 36.8. The molecular formula is C99H166O10. The third kappa shape index (κ3) is 24.5. The SMILES string of the molecule is C.C.C.CCC(C)(C)C(=O)OC(C)(C)c1ccccc1.CCC(C)(C)C(=O)OC(C)(c1ccccc1)c1ccccc1.CCC(C)(C)C(=O)OC(CC)(CC)C12CC3CC(CC(C3)C1)C2.CCC(CC)(CC12CC3CC(CC(C3)C1)C2)OC(=O)C(C)(C)CC.CCC(CC)(CC1CCCCC1)OC(=O)C(C)(C)CC. The maximum absolute atomic E-state index is 12.9. The van der Waals surface area contributed by atoms with Gasteiger partial charge in [-0.25, -0.2) is 0 Å². The van der Waals surface area contributed by atoms with E-state index in [1.54, 1.807) is 0 Å². The number of hydrogen-bond donors (Lipinski definition) is 0. The van der Waals surface area contributed by atoms with Crippen molar-refractivity contribution in [1.82, 2.24) is 0 Å². The van der Waals surface area contributed by atoms with Gasteiger partial charge in [-0.15, -0.1) is 0 Å². The van der Waals surface area contributed by atoms with Gasteiger partial charge in [0.15, 0.2) is 5.60 Å². The highest BCUT2D eigenvalue weighted by atomic mass is 16.6. The third-order valence-electron chi connectivity index (χ3n) is 28.8. The van der Waals surface area contributed by atoms with Gasteiger partial charge in [0, 0.05) is 5.41 Å². The monoisotopic (exact) mass is 1520 g/mol. The summed E-state index contributed by atoms with van der Waals surface area (Å²) < 4.78 is 30.5. The van der Waals surface area contributed by atoms with Crippen molar-refractivity contribution in [2.24, 2.45) is 79.3 Å². The smallest absolute Gasteiger partial charge is 0.312 e. The van der Waals surface area contributed by atoms with E-state index >= 15 is 0 Å². The summed E-state index contributed by atoms with van der Waals surface area (Å²) in [7, 11) is 0. The Morgan fingerprint density at radius 2 is 0.615 bits per heavy atom. The Hall–Kier alpha value is -4.99. The summed E-state index contributed by atoms with van der Waals surface area (Å²) in [5, 5.41) is 0. The minimum atomic E-state index is -0.786. The van der Waals surface area contributed by atoms with Gasteiger partial charge in [-0.3, -0.25) is 24.0 Å². The normalized spacial score (nSPS) is 23.1. The van der Waals surface area contributed by atoms with Crippen LogP contribution < -0.4 is 0 Å². The molecule has 9 saturated carbocycles. The van der Waals surface area contributed by atoms with Crippen LogP contribution in [0.25, 0.3) is 0 Å². The summed E-state index contributed by atoms with van der Waals surface area (Å²) >= 11 is 0. The molecular weight excluding hydrogens is 1350 g/mol. The molecule has 3 aromatic rings. The fourth-order valence-electron chi connectivity index (χ4n) is 19.5. The van der Waals surface area contributed by atoms with Crippen molar-refractivity contribution >= 4 is 29.8 Å². The molecule has 0 saturated heterocycles. The van der Waals surface area contributed by atoms with Crippen molar-refractivity contribution in [3.63, 3.8) is 0 Å². The summed E-state index contributed by atoms with van der Waals surface area (Å²) in [6.45, 7) is 49.1. The summed E-state index contributed by atoms with van der Waals surface area (Å²) in [4.78, 5) is 62.8. The van der Waals surface area contributed by atoms with Crippen LogP contribution in [-0.4, -0.2) is 46.6 Å². The zero-order chi connectivity index (χ0) is 79.0. The van der Waals surface area contributed by atoms with Crippen LogP contribution >= 0.6 is 0 Å². The number of rotatable bonds is 29. The number of carbonyl (C=O) groups excluding carboxylic acids is 5. The lowest BCUT2D eigenvalue weighted by atomic mass is 9.44. The van der Waals surface area contributed by atoms with Gasteiger partial charge in [0.2, 0.25) is 0 Å². The molecule has 0 radical (unpaired) electrons. The maximum atomic E-state index is 12.9. The molecule has 3 aromatic carbocycles. The van der Waals surface area contributed by atoms with Gasteiger partial charge in [0.1, 0.15) is 22.4 Å². The van der Waals surface area contributed by atoms with Gasteiger partial charge in [-0.2, -0.15) is 0 Å². The van der Waals surface area contributed by atoms with E-state index in [9.17, 15) is 24.0 Å². The van der Waals surface area contributed by atoms with Crippen molar-refractivity contribution in [1.29, 1.82) is 0 Å². The Labute approximate surface area is 669 Å². The molecule has 9 fully saturated rings. The zero-order valence-corrected chi connectivity index (χ0v) is 72.0. The van der Waals surface area contributed by atoms with Crippen molar-refractivity contribution in [3.05, 3.63) is 108 Å². The van der Waals surface area contributed by atoms with Crippen molar-refractivity contribution < 1.29 is 47.7 Å². The average molecular weight is 1520 g/mol. The Morgan fingerprint density at radius 3 is 0.927 bits per heavy atom. The molecule has 0 atom stereocenters. The van der Waals surface area contributed by atoms with Gasteiger partial charge < -0.3 is 23.7 Å². The molecule has 9 aliphatic carbocycles. The first-order valence-electron chi connectivity index (χ1n) is 43.0. The van der Waals surface area contributed by atoms with Crippen LogP contribution in [0.2, 0.25) is 0 Å². The highest BCUT2D eigenvalue weighted by Gasteiger charge is 2.62. The van der Waals surface area contributed by atoms with Gasteiger partial charge in [0.05, 0.1) is 27.1 Å². The first-order valence-corrected chi connectivity index (χ1v) is 43.0. The van der Waals surface area contributed by atoms with E-state index in [1.165, 1.54) is 109 Å². The van der Waals surface area contributed by atoms with E-state index in [4.69, 9.17) is 23.7 Å². The second kappa shape index (κ2) is 40.8. The largest absolute Gasteiger partial charge is 0.459 e. The predicted octanol–water partition coefficient (Wildman–Crippen LogP) is 28.1. The lowest BCUT2D eigenvalue weighted by molar-refractivity contribution is -0.219. The molecule has 10 heteroatoms. The van der Waals surface area contributed by atoms with Gasteiger partial charge >= 0.3 is 29.8 Å². The van der Waals surface area contributed by atoms with Crippen LogP contribution in [0.1, 0.15) is 398 Å². The zero-order valence-electron chi connectivity index (χ0n) is 72.0. The second-order valence-electron chi connectivity index (χ2n) is 38.8. The number of carbonyl (C=O) groups is 5. The minimum Gasteiger partial charge on any atom is -0.459 e. The minimum absolute atomic E-state index is 0. The van der Waals surface area contributed by atoms with Gasteiger partial charge in [0.25, 0.3) is 0 Å². The average Bonchev–Trinajstić information content (AvgIpc) is 0.735. The van der Waals surface area contributed by atoms with E-state index in [0.717, 1.165) is 142 Å². The number of esters is 5. The summed E-state index contributed by atoms with van der Waals surface area (Å²) in [6, 6.07) is 29.6. The predicted molar refractivity (Wildman–Crippen MR) is 457 cm³/mol. The third-order valence-corrected chi connectivity index (χ3v) is 28.8. The molecule has 622 valence electrons. The Balaban J connectivity index is 0.000000353. The highest BCUT2D eigenvalue weighted by molar-refractivity contribution is 5.78. The molecule has 12 rings (SSSR count). The van der Waals surface area contributed by atoms with E-state index in [1.807, 2.05) is 195 Å². The van der Waals surface area contributed by atoms with Gasteiger partial charge in [-0.05, 0) is 314 Å². The maximum Gasteiger partial charge on any atom is 0.312 e. The fraction of sp³-hybridized carbons (Fsp3) is 0.768. The topological polar surface area (TPSA) is 132 Å². The van der Waals surface area contributed by atoms with Crippen LogP contribution in [0.5, 0.6) is 0 Å². The van der Waals surface area contributed by atoms with Crippen LogP contribution in [0.4, 0.5) is 0 Å². The van der Waals surface area contributed by atoms with E-state index in [0.29, 0.717) is 5.41 Å². The summed E-state index contributed by atoms with van der Waals surface area (Å²) in [5.41, 5.74) is -0.372. The molecule has 8 bridgehead atoms. The van der Waals surface area contributed by atoms with Crippen LogP contribution in [0, 0.1) is 79.3 Å². The van der Waals surface area contributed by atoms with E-state index in [-0.39, 0.29) is 90.6 Å². The van der Waals surface area contributed by atoms with Crippen LogP contribution in [-0.2, 0) is 58.9 Å². The first kappa shape index (κ1) is 98.2. The number of hydrogen-bond acceptors (Lipinski definition) is 10. The molecule has 10 nitrogen and oxygen atoms in total. The molecule has 0 aliphatic heterocycles. The summed E-state index contributed by atoms with van der Waals surface area (Å²) in [6.07, 6.45) is 35.5. The van der Waals surface area contributed by atoms with Crippen LogP contribution in [0.15, 0.2) is 91.0 Å². The van der Waals surface area contributed by atoms with E-state index < -0.39 is 22.0 Å². The molecule has 0 spiro atoms. The fourth-order valence-corrected chi connectivity index (χ4v) is 19.5. The lowest BCUT2D eigenvalue weighted by Crippen LogP contribution is -2.60. The Bertz CT molecular complexity index is 3090. The highest BCUT2D eigenvalue weighted by Crippen LogP contribution is 2.67. The number of ether oxygens (including phenoxy) is 5. The van der Waals surface area contributed by atoms with Crippen molar-refractivity contribution in [2.75, 3.05) is 0 Å². The molecule has 0 aromatic heterocycles. The second-order valence-corrected chi connectivity index (χ2v) is 38.8. The number of benzene rings is 3. The summed E-state index contributed by atoms with van der Waals surface area (Å²) in [5.74, 6) is 6.05. The molecule has 109 heavy (non-hydrogen) atoms. The van der Waals surface area contributed by atoms with Crippen LogP contribution in [0.3, 0.4) is 0 Å². The molecule has 0 N–H and O–H groups in total. The molecule has 0 amide bonds. The lowest BCUT2D eigenvalue weighted by Gasteiger charge is -2.63. The first-order chi connectivity index (χ1) is 49.6. The quantitative estimate of drug-likeness (QED) is 0.0489.